The molecule has 0 amide bonds. The molecule has 1 aliphatic heterocycles. The van der Waals surface area contributed by atoms with Crippen LogP contribution in [0.3, 0.4) is 0 Å². The van der Waals surface area contributed by atoms with E-state index in [2.05, 4.69) is 61.0 Å². The van der Waals surface area contributed by atoms with Crippen molar-refractivity contribution < 1.29 is 0 Å². The Bertz CT molecular complexity index is 352. The molecule has 3 heteroatoms. The van der Waals surface area contributed by atoms with E-state index in [1.165, 1.54) is 42.4 Å². The van der Waals surface area contributed by atoms with Gasteiger partial charge in [0.2, 0.25) is 0 Å². The lowest BCUT2D eigenvalue weighted by Gasteiger charge is -2.32. The average Bonchev–Trinajstić information content (AvgIpc) is 2.33. The summed E-state index contributed by atoms with van der Waals surface area (Å²) >= 11 is 7.19. The second kappa shape index (κ2) is 6.91. The molecule has 1 unspecified atom stereocenters. The Balaban J connectivity index is 1.92. The van der Waals surface area contributed by atoms with Crippen molar-refractivity contribution in [2.24, 2.45) is 5.92 Å². The lowest BCUT2D eigenvalue weighted by molar-refractivity contribution is 0.165. The van der Waals surface area contributed by atoms with Gasteiger partial charge in [-0.15, -0.1) is 0 Å². The van der Waals surface area contributed by atoms with Crippen LogP contribution < -0.4 is 0 Å². The topological polar surface area (TPSA) is 3.24 Å². The van der Waals surface area contributed by atoms with Crippen molar-refractivity contribution in [1.29, 1.82) is 0 Å². The number of halogens is 2. The summed E-state index contributed by atoms with van der Waals surface area (Å²) in [5.74, 6) is 0.880. The first kappa shape index (κ1) is 13.6. The van der Waals surface area contributed by atoms with Crippen molar-refractivity contribution in [2.45, 2.75) is 25.8 Å². The zero-order chi connectivity index (χ0) is 12.1. The summed E-state index contributed by atoms with van der Waals surface area (Å²) in [4.78, 5) is 2.59. The Labute approximate surface area is 121 Å². The van der Waals surface area contributed by atoms with Gasteiger partial charge in [0.25, 0.3) is 0 Å². The first-order chi connectivity index (χ1) is 8.29. The normalized spacial score (nSPS) is 21.6. The van der Waals surface area contributed by atoms with Crippen molar-refractivity contribution in [3.63, 3.8) is 0 Å². The maximum Gasteiger partial charge on any atom is 0.0245 e. The highest BCUT2D eigenvalue weighted by Crippen LogP contribution is 2.24. The lowest BCUT2D eigenvalue weighted by Crippen LogP contribution is -2.35. The van der Waals surface area contributed by atoms with Gasteiger partial charge in [0.1, 0.15) is 0 Å². The molecule has 0 radical (unpaired) electrons. The molecule has 0 aromatic heterocycles. The Morgan fingerprint density at radius 2 is 2.12 bits per heavy atom. The van der Waals surface area contributed by atoms with Crippen LogP contribution in [0.15, 0.2) is 28.7 Å². The van der Waals surface area contributed by atoms with E-state index in [9.17, 15) is 0 Å². The van der Waals surface area contributed by atoms with Crippen LogP contribution in [0.4, 0.5) is 0 Å². The molecule has 1 heterocycles. The van der Waals surface area contributed by atoms with Crippen LogP contribution in [0.2, 0.25) is 0 Å². The molecule has 1 nitrogen and oxygen atoms in total. The van der Waals surface area contributed by atoms with E-state index in [1.807, 2.05) is 0 Å². The number of rotatable bonds is 4. The smallest absolute Gasteiger partial charge is 0.0245 e. The van der Waals surface area contributed by atoms with E-state index in [1.54, 1.807) is 0 Å². The summed E-state index contributed by atoms with van der Waals surface area (Å²) < 4.78 is 1.24. The molecule has 1 aromatic rings. The van der Waals surface area contributed by atoms with Crippen molar-refractivity contribution in [2.75, 3.05) is 18.4 Å². The quantitative estimate of drug-likeness (QED) is 0.717. The third kappa shape index (κ3) is 4.08. The van der Waals surface area contributed by atoms with Crippen LogP contribution in [0.5, 0.6) is 0 Å². The van der Waals surface area contributed by atoms with Crippen molar-refractivity contribution in [3.05, 3.63) is 34.3 Å². The van der Waals surface area contributed by atoms with Crippen molar-refractivity contribution in [3.8, 4) is 0 Å². The standard InChI is InChI=1S/C14H19Br2N/c15-8-7-12-4-3-9-17(10-12)11-13-5-1-2-6-14(13)16/h1-2,5-6,12H,3-4,7-11H2. The predicted octanol–water partition coefficient (Wildman–Crippen LogP) is 4.45. The molecule has 1 atom stereocenters. The highest BCUT2D eigenvalue weighted by Gasteiger charge is 2.19. The van der Waals surface area contributed by atoms with Gasteiger partial charge in [-0.2, -0.15) is 0 Å². The van der Waals surface area contributed by atoms with Gasteiger partial charge < -0.3 is 0 Å². The molecular weight excluding hydrogens is 342 g/mol. The molecule has 0 aliphatic carbocycles. The van der Waals surface area contributed by atoms with Gasteiger partial charge in [0.05, 0.1) is 0 Å². The minimum Gasteiger partial charge on any atom is -0.299 e. The summed E-state index contributed by atoms with van der Waals surface area (Å²) in [6.45, 7) is 3.59. The molecule has 0 spiro atoms. The number of hydrogen-bond acceptors (Lipinski definition) is 1. The lowest BCUT2D eigenvalue weighted by atomic mass is 9.95. The minimum atomic E-state index is 0.880. The van der Waals surface area contributed by atoms with Gasteiger partial charge in [-0.25, -0.2) is 0 Å². The monoisotopic (exact) mass is 359 g/mol. The molecule has 0 bridgehead atoms. The number of hydrogen-bond donors (Lipinski definition) is 0. The van der Waals surface area contributed by atoms with E-state index < -0.39 is 0 Å². The van der Waals surface area contributed by atoms with Crippen molar-refractivity contribution in [1.82, 2.24) is 4.90 Å². The second-order valence-corrected chi connectivity index (χ2v) is 6.46. The van der Waals surface area contributed by atoms with E-state index in [0.29, 0.717) is 0 Å². The third-order valence-electron chi connectivity index (χ3n) is 3.47. The first-order valence-corrected chi connectivity index (χ1v) is 8.23. The van der Waals surface area contributed by atoms with Crippen LogP contribution in [0.25, 0.3) is 0 Å². The fourth-order valence-corrected chi connectivity index (χ4v) is 3.61. The molecular formula is C14H19Br2N. The zero-order valence-electron chi connectivity index (χ0n) is 10.0. The highest BCUT2D eigenvalue weighted by atomic mass is 79.9. The molecule has 17 heavy (non-hydrogen) atoms. The molecule has 0 saturated carbocycles. The maximum atomic E-state index is 3.63. The molecule has 1 aliphatic rings. The Morgan fingerprint density at radius 3 is 2.88 bits per heavy atom. The highest BCUT2D eigenvalue weighted by molar-refractivity contribution is 9.10. The SMILES string of the molecule is BrCCC1CCCN(Cc2ccccc2Br)C1. The van der Waals surface area contributed by atoms with Gasteiger partial charge in [-0.1, -0.05) is 50.1 Å². The maximum absolute atomic E-state index is 3.63. The minimum absolute atomic E-state index is 0.880. The number of nitrogens with zero attached hydrogens (tertiary/aromatic N) is 1. The summed E-state index contributed by atoms with van der Waals surface area (Å²) in [7, 11) is 0. The Morgan fingerprint density at radius 1 is 1.29 bits per heavy atom. The van der Waals surface area contributed by atoms with Crippen LogP contribution in [0, 0.1) is 5.92 Å². The summed E-state index contributed by atoms with van der Waals surface area (Å²) in [5.41, 5.74) is 1.41. The van der Waals surface area contributed by atoms with Crippen LogP contribution in [0.1, 0.15) is 24.8 Å². The number of piperidine rings is 1. The number of alkyl halides is 1. The molecule has 1 fully saturated rings. The summed E-state index contributed by atoms with van der Waals surface area (Å²) in [6.07, 6.45) is 4.06. The summed E-state index contributed by atoms with van der Waals surface area (Å²) in [5, 5.41) is 1.14. The van der Waals surface area contributed by atoms with Gasteiger partial charge in [-0.3, -0.25) is 4.90 Å². The van der Waals surface area contributed by atoms with Gasteiger partial charge in [0, 0.05) is 22.9 Å². The van der Waals surface area contributed by atoms with Gasteiger partial charge in [-0.05, 0) is 43.4 Å². The molecule has 1 aromatic carbocycles. The Kier molecular flexibility index (Phi) is 5.51. The van der Waals surface area contributed by atoms with E-state index in [0.717, 1.165) is 17.8 Å². The van der Waals surface area contributed by atoms with Crippen LogP contribution >= 0.6 is 31.9 Å². The number of likely N-dealkylation sites (tertiary alicyclic amines) is 1. The molecule has 2 rings (SSSR count). The molecule has 94 valence electrons. The van der Waals surface area contributed by atoms with Crippen LogP contribution in [-0.4, -0.2) is 23.3 Å². The number of benzene rings is 1. The fraction of sp³-hybridized carbons (Fsp3) is 0.571. The Hall–Kier alpha value is 0.140. The van der Waals surface area contributed by atoms with Gasteiger partial charge >= 0.3 is 0 Å². The zero-order valence-corrected chi connectivity index (χ0v) is 13.2. The van der Waals surface area contributed by atoms with E-state index in [-0.39, 0.29) is 0 Å². The first-order valence-electron chi connectivity index (χ1n) is 6.31. The summed E-state index contributed by atoms with van der Waals surface area (Å²) in [6, 6.07) is 8.56. The molecule has 1 saturated heterocycles. The largest absolute Gasteiger partial charge is 0.299 e. The van der Waals surface area contributed by atoms with Crippen molar-refractivity contribution >= 4 is 31.9 Å². The molecule has 0 N–H and O–H groups in total. The van der Waals surface area contributed by atoms with E-state index in [4.69, 9.17) is 0 Å². The van der Waals surface area contributed by atoms with Crippen LogP contribution in [-0.2, 0) is 6.54 Å². The fourth-order valence-electron chi connectivity index (χ4n) is 2.55. The third-order valence-corrected chi connectivity index (χ3v) is 4.70. The predicted molar refractivity (Wildman–Crippen MR) is 80.6 cm³/mol. The second-order valence-electron chi connectivity index (χ2n) is 4.81. The van der Waals surface area contributed by atoms with E-state index >= 15 is 0 Å². The van der Waals surface area contributed by atoms with Gasteiger partial charge in [0.15, 0.2) is 0 Å². The average molecular weight is 361 g/mol.